The van der Waals surface area contributed by atoms with E-state index in [-0.39, 0.29) is 34.2 Å². The molecule has 0 spiro atoms. The zero-order valence-corrected chi connectivity index (χ0v) is 17.6. The number of nitrogens with one attached hydrogen (secondary N) is 1. The summed E-state index contributed by atoms with van der Waals surface area (Å²) in [6, 6.07) is 13.6. The van der Waals surface area contributed by atoms with Crippen LogP contribution in [0.2, 0.25) is 5.02 Å². The van der Waals surface area contributed by atoms with Crippen LogP contribution in [0.5, 0.6) is 5.75 Å². The van der Waals surface area contributed by atoms with Gasteiger partial charge in [-0.25, -0.2) is 8.42 Å². The fraction of sp³-hybridized carbons (Fsp3) is 0.350. The molecule has 1 amide bonds. The summed E-state index contributed by atoms with van der Waals surface area (Å²) in [7, 11) is -3.65. The molecule has 1 saturated heterocycles. The van der Waals surface area contributed by atoms with E-state index in [0.29, 0.717) is 26.3 Å². The molecule has 1 aliphatic rings. The lowest BCUT2D eigenvalue weighted by Gasteiger charge is -2.26. The van der Waals surface area contributed by atoms with Crippen molar-refractivity contribution in [2.45, 2.75) is 17.9 Å². The second-order valence-corrected chi connectivity index (χ2v) is 8.94. The number of sulfonamides is 1. The van der Waals surface area contributed by atoms with Crippen molar-refractivity contribution in [2.75, 3.05) is 32.9 Å². The minimum atomic E-state index is -3.65. The molecule has 0 bridgehead atoms. The molecule has 1 N–H and O–H groups in total. The Bertz CT molecular complexity index is 947. The first kappa shape index (κ1) is 21.6. The van der Waals surface area contributed by atoms with Gasteiger partial charge in [0.15, 0.2) is 6.61 Å². The van der Waals surface area contributed by atoms with Gasteiger partial charge in [-0.1, -0.05) is 41.9 Å². The summed E-state index contributed by atoms with van der Waals surface area (Å²) in [4.78, 5) is 12.2. The Hall–Kier alpha value is -2.13. The lowest BCUT2D eigenvalue weighted by molar-refractivity contribution is -0.123. The van der Waals surface area contributed by atoms with E-state index >= 15 is 0 Å². The van der Waals surface area contributed by atoms with Gasteiger partial charge in [-0.05, 0) is 30.7 Å². The van der Waals surface area contributed by atoms with Gasteiger partial charge in [-0.15, -0.1) is 0 Å². The number of hydrogen-bond acceptors (Lipinski definition) is 5. The zero-order chi connectivity index (χ0) is 20.9. The van der Waals surface area contributed by atoms with Crippen LogP contribution < -0.4 is 10.1 Å². The van der Waals surface area contributed by atoms with Crippen molar-refractivity contribution in [2.24, 2.45) is 0 Å². The van der Waals surface area contributed by atoms with E-state index in [1.165, 1.54) is 22.5 Å². The number of rotatable bonds is 7. The largest absolute Gasteiger partial charge is 0.482 e. The van der Waals surface area contributed by atoms with E-state index in [9.17, 15) is 13.2 Å². The molecule has 2 aromatic carbocycles. The van der Waals surface area contributed by atoms with Crippen LogP contribution in [-0.2, 0) is 19.6 Å². The van der Waals surface area contributed by atoms with Gasteiger partial charge in [0.2, 0.25) is 10.0 Å². The van der Waals surface area contributed by atoms with Gasteiger partial charge in [-0.2, -0.15) is 4.31 Å². The highest BCUT2D eigenvalue weighted by molar-refractivity contribution is 7.89. The molecule has 7 nitrogen and oxygen atoms in total. The molecule has 0 unspecified atom stereocenters. The maximum Gasteiger partial charge on any atom is 0.258 e. The molecule has 29 heavy (non-hydrogen) atoms. The summed E-state index contributed by atoms with van der Waals surface area (Å²) >= 11 is 6.20. The first-order valence-electron chi connectivity index (χ1n) is 9.22. The number of benzene rings is 2. The quantitative estimate of drug-likeness (QED) is 0.718. The highest BCUT2D eigenvalue weighted by Gasteiger charge is 2.27. The van der Waals surface area contributed by atoms with Crippen LogP contribution in [0, 0.1) is 0 Å². The van der Waals surface area contributed by atoms with Crippen LogP contribution in [0.1, 0.15) is 18.5 Å². The van der Waals surface area contributed by atoms with Crippen molar-refractivity contribution < 1.29 is 22.7 Å². The SMILES string of the molecule is C[C@@H](NC(=O)COc1ccc(S(=O)(=O)N2CCOCC2)cc1Cl)c1ccccc1. The van der Waals surface area contributed by atoms with E-state index in [1.54, 1.807) is 0 Å². The molecule has 1 heterocycles. The standard InChI is InChI=1S/C20H23ClN2O5S/c1-15(16-5-3-2-4-6-16)22-20(24)14-28-19-8-7-17(13-18(19)21)29(25,26)23-9-11-27-12-10-23/h2-8,13,15H,9-12,14H2,1H3,(H,22,24)/t15-/m1/s1. The second kappa shape index (κ2) is 9.58. The van der Waals surface area contributed by atoms with Gasteiger partial charge < -0.3 is 14.8 Å². The highest BCUT2D eigenvalue weighted by Crippen LogP contribution is 2.29. The van der Waals surface area contributed by atoms with E-state index in [4.69, 9.17) is 21.1 Å². The Balaban J connectivity index is 1.60. The van der Waals surface area contributed by atoms with E-state index in [0.717, 1.165) is 5.56 Å². The second-order valence-electron chi connectivity index (χ2n) is 6.60. The van der Waals surface area contributed by atoms with Crippen LogP contribution in [0.3, 0.4) is 0 Å². The number of halogens is 1. The van der Waals surface area contributed by atoms with E-state index in [2.05, 4.69) is 5.32 Å². The van der Waals surface area contributed by atoms with Gasteiger partial charge in [0.25, 0.3) is 5.91 Å². The molecule has 3 rings (SSSR count). The molecule has 9 heteroatoms. The maximum absolute atomic E-state index is 12.7. The molecule has 0 saturated carbocycles. The van der Waals surface area contributed by atoms with Crippen molar-refractivity contribution in [1.82, 2.24) is 9.62 Å². The number of nitrogens with zero attached hydrogens (tertiary/aromatic N) is 1. The van der Waals surface area contributed by atoms with Crippen LogP contribution >= 0.6 is 11.6 Å². The molecule has 2 aromatic rings. The minimum Gasteiger partial charge on any atom is -0.482 e. The van der Waals surface area contributed by atoms with Crippen LogP contribution in [0.25, 0.3) is 0 Å². The van der Waals surface area contributed by atoms with Gasteiger partial charge in [0.05, 0.1) is 29.2 Å². The highest BCUT2D eigenvalue weighted by atomic mass is 35.5. The topological polar surface area (TPSA) is 84.9 Å². The lowest BCUT2D eigenvalue weighted by Crippen LogP contribution is -2.40. The smallest absolute Gasteiger partial charge is 0.258 e. The summed E-state index contributed by atoms with van der Waals surface area (Å²) in [5.41, 5.74) is 0.983. The lowest BCUT2D eigenvalue weighted by atomic mass is 10.1. The zero-order valence-electron chi connectivity index (χ0n) is 16.0. The van der Waals surface area contributed by atoms with Gasteiger partial charge >= 0.3 is 0 Å². The molecular weight excluding hydrogens is 416 g/mol. The third kappa shape index (κ3) is 5.48. The molecule has 1 fully saturated rings. The average molecular weight is 439 g/mol. The molecule has 1 atom stereocenters. The van der Waals surface area contributed by atoms with Crippen molar-refractivity contribution >= 4 is 27.5 Å². The van der Waals surface area contributed by atoms with E-state index in [1.807, 2.05) is 37.3 Å². The number of hydrogen-bond donors (Lipinski definition) is 1. The summed E-state index contributed by atoms with van der Waals surface area (Å²) < 4.78 is 37.4. The Labute approximate surface area is 175 Å². The predicted molar refractivity (Wildman–Crippen MR) is 110 cm³/mol. The average Bonchev–Trinajstić information content (AvgIpc) is 2.74. The van der Waals surface area contributed by atoms with Crippen molar-refractivity contribution in [3.05, 3.63) is 59.1 Å². The first-order valence-corrected chi connectivity index (χ1v) is 11.0. The molecule has 0 radical (unpaired) electrons. The third-order valence-corrected chi connectivity index (χ3v) is 6.74. The maximum atomic E-state index is 12.7. The van der Waals surface area contributed by atoms with Crippen LogP contribution in [0.15, 0.2) is 53.4 Å². The Kier molecular flexibility index (Phi) is 7.13. The number of carbonyl (C=O) groups excluding carboxylic acids is 1. The van der Waals surface area contributed by atoms with E-state index < -0.39 is 10.0 Å². The Morgan fingerprint density at radius 1 is 1.21 bits per heavy atom. The normalized spacial score (nSPS) is 16.2. The number of ether oxygens (including phenoxy) is 2. The van der Waals surface area contributed by atoms with Crippen molar-refractivity contribution in [1.29, 1.82) is 0 Å². The third-order valence-electron chi connectivity index (χ3n) is 4.55. The molecule has 1 aliphatic heterocycles. The minimum absolute atomic E-state index is 0.0823. The van der Waals surface area contributed by atoms with Crippen LogP contribution in [0.4, 0.5) is 0 Å². The fourth-order valence-corrected chi connectivity index (χ4v) is 4.68. The van der Waals surface area contributed by atoms with Gasteiger partial charge in [-0.3, -0.25) is 4.79 Å². The Morgan fingerprint density at radius 3 is 2.55 bits per heavy atom. The number of morpholine rings is 1. The summed E-state index contributed by atoms with van der Waals surface area (Å²) in [6.45, 7) is 2.99. The molecule has 0 aromatic heterocycles. The predicted octanol–water partition coefficient (Wildman–Crippen LogP) is 2.62. The Morgan fingerprint density at radius 2 is 1.90 bits per heavy atom. The van der Waals surface area contributed by atoms with Crippen molar-refractivity contribution in [3.8, 4) is 5.75 Å². The summed E-state index contributed by atoms with van der Waals surface area (Å²) in [5.74, 6) is -0.0578. The van der Waals surface area contributed by atoms with Gasteiger partial charge in [0, 0.05) is 13.1 Å². The monoisotopic (exact) mass is 438 g/mol. The van der Waals surface area contributed by atoms with Crippen molar-refractivity contribution in [3.63, 3.8) is 0 Å². The number of amides is 1. The number of carbonyl (C=O) groups is 1. The summed E-state index contributed by atoms with van der Waals surface area (Å²) in [5, 5.41) is 2.97. The van der Waals surface area contributed by atoms with Gasteiger partial charge in [0.1, 0.15) is 5.75 Å². The molecule has 0 aliphatic carbocycles. The van der Waals surface area contributed by atoms with Crippen LogP contribution in [-0.4, -0.2) is 51.5 Å². The molecule has 156 valence electrons. The first-order chi connectivity index (χ1) is 13.9. The fourth-order valence-electron chi connectivity index (χ4n) is 2.95. The molecular formula is C20H23ClN2O5S. The summed E-state index contributed by atoms with van der Waals surface area (Å²) in [6.07, 6.45) is 0.